The van der Waals surface area contributed by atoms with Crippen LogP contribution in [0.1, 0.15) is 18.6 Å². The van der Waals surface area contributed by atoms with Gasteiger partial charge in [0.05, 0.1) is 11.1 Å². The van der Waals surface area contributed by atoms with Crippen LogP contribution in [-0.4, -0.2) is 11.7 Å². The fraction of sp³-hybridized carbons (Fsp3) is 0.273. The maximum atomic E-state index is 9.36. The minimum absolute atomic E-state index is 0.230. The highest BCUT2D eigenvalue weighted by Crippen LogP contribution is 2.19. The minimum atomic E-state index is -0.507. The molecule has 1 atom stereocenters. The topological polar surface area (TPSA) is 29.5 Å². The van der Waals surface area contributed by atoms with Crippen molar-refractivity contribution in [1.82, 2.24) is 0 Å². The standard InChI is InChI=1S/C11H12Cl2O2/c1-8(14)9-3-2-4-11(5-9)15-7-10(13)6-12/h2-6,8,14H,7H2,1H3. The van der Waals surface area contributed by atoms with Crippen molar-refractivity contribution in [3.63, 3.8) is 0 Å². The number of hydrogen-bond acceptors (Lipinski definition) is 2. The number of aliphatic hydroxyl groups excluding tert-OH is 1. The van der Waals surface area contributed by atoms with Crippen molar-refractivity contribution in [3.8, 4) is 5.75 Å². The van der Waals surface area contributed by atoms with Gasteiger partial charge < -0.3 is 9.84 Å². The number of aliphatic hydroxyl groups is 1. The number of rotatable bonds is 4. The van der Waals surface area contributed by atoms with Crippen molar-refractivity contribution in [3.05, 3.63) is 40.4 Å². The van der Waals surface area contributed by atoms with E-state index in [1.165, 1.54) is 5.54 Å². The first-order valence-electron chi connectivity index (χ1n) is 4.49. The van der Waals surface area contributed by atoms with Gasteiger partial charge in [0.2, 0.25) is 0 Å². The van der Waals surface area contributed by atoms with Gasteiger partial charge in [-0.1, -0.05) is 35.3 Å². The van der Waals surface area contributed by atoms with Gasteiger partial charge in [0.1, 0.15) is 12.4 Å². The number of benzene rings is 1. The second-order valence-corrected chi connectivity index (χ2v) is 3.80. The van der Waals surface area contributed by atoms with E-state index < -0.39 is 6.10 Å². The zero-order valence-corrected chi connectivity index (χ0v) is 9.79. The van der Waals surface area contributed by atoms with Gasteiger partial charge in [0.15, 0.2) is 0 Å². The summed E-state index contributed by atoms with van der Waals surface area (Å²) in [5.41, 5.74) is 2.07. The molecule has 0 amide bonds. The molecule has 1 aromatic carbocycles. The van der Waals surface area contributed by atoms with E-state index in [0.29, 0.717) is 10.8 Å². The van der Waals surface area contributed by atoms with Crippen LogP contribution in [0.5, 0.6) is 5.75 Å². The van der Waals surface area contributed by atoms with E-state index in [1.54, 1.807) is 19.1 Å². The van der Waals surface area contributed by atoms with Gasteiger partial charge in [0.25, 0.3) is 0 Å². The highest BCUT2D eigenvalue weighted by Gasteiger charge is 2.02. The lowest BCUT2D eigenvalue weighted by atomic mass is 10.1. The summed E-state index contributed by atoms with van der Waals surface area (Å²) < 4.78 is 5.35. The van der Waals surface area contributed by atoms with Crippen LogP contribution in [0.4, 0.5) is 0 Å². The molecule has 0 heterocycles. The van der Waals surface area contributed by atoms with Crippen molar-refractivity contribution < 1.29 is 9.84 Å². The summed E-state index contributed by atoms with van der Waals surface area (Å²) in [6.07, 6.45) is -0.507. The van der Waals surface area contributed by atoms with Crippen LogP contribution >= 0.6 is 23.2 Å². The summed E-state index contributed by atoms with van der Waals surface area (Å²) in [6.45, 7) is 1.93. The lowest BCUT2D eigenvalue weighted by Crippen LogP contribution is -1.98. The first-order chi connectivity index (χ1) is 7.13. The predicted molar refractivity (Wildman–Crippen MR) is 62.4 cm³/mol. The molecule has 1 unspecified atom stereocenters. The zero-order valence-electron chi connectivity index (χ0n) is 8.28. The summed E-state index contributed by atoms with van der Waals surface area (Å²) in [5, 5.41) is 9.79. The first-order valence-corrected chi connectivity index (χ1v) is 5.30. The molecule has 2 nitrogen and oxygen atoms in total. The van der Waals surface area contributed by atoms with Crippen molar-refractivity contribution in [1.29, 1.82) is 0 Å². The van der Waals surface area contributed by atoms with Crippen molar-refractivity contribution >= 4 is 23.2 Å². The van der Waals surface area contributed by atoms with Crippen LogP contribution in [0.15, 0.2) is 34.8 Å². The monoisotopic (exact) mass is 246 g/mol. The third-order valence-corrected chi connectivity index (χ3v) is 2.43. The van der Waals surface area contributed by atoms with Crippen LogP contribution in [0, 0.1) is 0 Å². The first kappa shape index (κ1) is 12.4. The Morgan fingerprint density at radius 3 is 2.93 bits per heavy atom. The van der Waals surface area contributed by atoms with Crippen molar-refractivity contribution in [2.24, 2.45) is 0 Å². The molecule has 1 rings (SSSR count). The van der Waals surface area contributed by atoms with Crippen molar-refractivity contribution in [2.75, 3.05) is 6.61 Å². The Kier molecular flexibility index (Phi) is 4.95. The molecule has 0 saturated heterocycles. The Morgan fingerprint density at radius 2 is 2.33 bits per heavy atom. The highest BCUT2D eigenvalue weighted by molar-refractivity contribution is 6.36. The average molecular weight is 247 g/mol. The zero-order chi connectivity index (χ0) is 11.3. The molecule has 82 valence electrons. The van der Waals surface area contributed by atoms with Gasteiger partial charge in [-0.3, -0.25) is 0 Å². The van der Waals surface area contributed by atoms with Gasteiger partial charge in [-0.25, -0.2) is 0 Å². The number of hydrogen-bond donors (Lipinski definition) is 1. The van der Waals surface area contributed by atoms with Crippen LogP contribution in [0.3, 0.4) is 0 Å². The summed E-state index contributed by atoms with van der Waals surface area (Å²) >= 11 is 11.1. The molecule has 1 N–H and O–H groups in total. The highest BCUT2D eigenvalue weighted by atomic mass is 35.5. The summed E-state index contributed by atoms with van der Waals surface area (Å²) in [6, 6.07) is 7.21. The molecule has 0 spiro atoms. The Labute approximate surface area is 99.1 Å². The van der Waals surface area contributed by atoms with E-state index in [1.807, 2.05) is 12.1 Å². The van der Waals surface area contributed by atoms with Crippen LogP contribution in [0.25, 0.3) is 0 Å². The molecule has 0 saturated carbocycles. The van der Waals surface area contributed by atoms with Gasteiger partial charge in [-0.2, -0.15) is 0 Å². The molecular weight excluding hydrogens is 235 g/mol. The lowest BCUT2D eigenvalue weighted by molar-refractivity contribution is 0.198. The third-order valence-electron chi connectivity index (χ3n) is 1.84. The predicted octanol–water partition coefficient (Wildman–Crippen LogP) is 3.44. The molecule has 1 aromatic rings. The van der Waals surface area contributed by atoms with E-state index in [0.717, 1.165) is 5.56 Å². The molecule has 15 heavy (non-hydrogen) atoms. The van der Waals surface area contributed by atoms with Gasteiger partial charge in [-0.05, 0) is 24.6 Å². The SMILES string of the molecule is CC(O)c1cccc(OCC(Cl)=CCl)c1. The van der Waals surface area contributed by atoms with E-state index in [-0.39, 0.29) is 6.61 Å². The van der Waals surface area contributed by atoms with Crippen LogP contribution in [0.2, 0.25) is 0 Å². The molecular formula is C11H12Cl2O2. The Balaban J connectivity index is 2.66. The molecule has 0 aliphatic carbocycles. The van der Waals surface area contributed by atoms with Crippen LogP contribution in [-0.2, 0) is 0 Å². The summed E-state index contributed by atoms with van der Waals surface area (Å²) in [5.74, 6) is 0.657. The van der Waals surface area contributed by atoms with Gasteiger partial charge >= 0.3 is 0 Å². The maximum Gasteiger partial charge on any atom is 0.125 e. The second-order valence-electron chi connectivity index (χ2n) is 3.09. The fourth-order valence-electron chi connectivity index (χ4n) is 1.05. The molecule has 0 bridgehead atoms. The van der Waals surface area contributed by atoms with Crippen LogP contribution < -0.4 is 4.74 Å². The third kappa shape index (κ3) is 4.12. The van der Waals surface area contributed by atoms with Gasteiger partial charge in [-0.15, -0.1) is 0 Å². The summed E-state index contributed by atoms with van der Waals surface area (Å²) in [4.78, 5) is 0. The quantitative estimate of drug-likeness (QED) is 0.883. The Morgan fingerprint density at radius 1 is 1.60 bits per heavy atom. The minimum Gasteiger partial charge on any atom is -0.488 e. The smallest absolute Gasteiger partial charge is 0.125 e. The molecule has 0 aromatic heterocycles. The number of halogens is 2. The molecule has 0 aliphatic rings. The Bertz CT molecular complexity index is 348. The van der Waals surface area contributed by atoms with E-state index in [9.17, 15) is 5.11 Å². The average Bonchev–Trinajstić information content (AvgIpc) is 2.26. The van der Waals surface area contributed by atoms with E-state index >= 15 is 0 Å². The fourth-order valence-corrected chi connectivity index (χ4v) is 1.17. The molecule has 0 aliphatic heterocycles. The second kappa shape index (κ2) is 6.01. The largest absolute Gasteiger partial charge is 0.488 e. The maximum absolute atomic E-state index is 9.36. The van der Waals surface area contributed by atoms with E-state index in [4.69, 9.17) is 27.9 Å². The Hall–Kier alpha value is -0.700. The van der Waals surface area contributed by atoms with Gasteiger partial charge in [0, 0.05) is 5.54 Å². The van der Waals surface area contributed by atoms with Crippen molar-refractivity contribution in [2.45, 2.75) is 13.0 Å². The number of ether oxygens (including phenoxy) is 1. The lowest BCUT2D eigenvalue weighted by Gasteiger charge is -2.08. The molecule has 0 fully saturated rings. The molecule has 4 heteroatoms. The van der Waals surface area contributed by atoms with E-state index in [2.05, 4.69) is 0 Å². The normalized spacial score (nSPS) is 13.7. The summed E-state index contributed by atoms with van der Waals surface area (Å²) in [7, 11) is 0. The molecule has 0 radical (unpaired) electrons.